The van der Waals surface area contributed by atoms with Crippen molar-refractivity contribution in [2.24, 2.45) is 0 Å². The Bertz CT molecular complexity index is 721. The lowest BCUT2D eigenvalue weighted by molar-refractivity contribution is -0.128. The fraction of sp³-hybridized carbons (Fsp3) is 0.235. The first-order valence-electron chi connectivity index (χ1n) is 7.07. The predicted molar refractivity (Wildman–Crippen MR) is 95.2 cm³/mol. The number of nitrogens with zero attached hydrogens (tertiary/aromatic N) is 1. The van der Waals surface area contributed by atoms with Crippen LogP contribution in [0.1, 0.15) is 16.5 Å². The van der Waals surface area contributed by atoms with Crippen LogP contribution in [-0.2, 0) is 11.3 Å². The lowest BCUT2D eigenvalue weighted by Gasteiger charge is -2.25. The van der Waals surface area contributed by atoms with E-state index in [0.717, 1.165) is 16.9 Å². The highest BCUT2D eigenvalue weighted by molar-refractivity contribution is 8.00. The second-order valence-corrected chi connectivity index (χ2v) is 7.11. The third-order valence-corrected chi connectivity index (χ3v) is 5.51. The molecule has 1 aliphatic rings. The maximum atomic E-state index is 12.3. The predicted octanol–water partition coefficient (Wildman–Crippen LogP) is 4.78. The van der Waals surface area contributed by atoms with Crippen LogP contribution < -0.4 is 4.74 Å². The van der Waals surface area contributed by atoms with Gasteiger partial charge in [0.1, 0.15) is 11.1 Å². The third-order valence-electron chi connectivity index (χ3n) is 3.71. The van der Waals surface area contributed by atoms with Crippen LogP contribution in [0.25, 0.3) is 0 Å². The molecule has 6 heteroatoms. The molecule has 0 aromatic heterocycles. The molecule has 23 heavy (non-hydrogen) atoms. The highest BCUT2D eigenvalue weighted by Gasteiger charge is 2.33. The minimum atomic E-state index is -0.0885. The number of hydrogen-bond donors (Lipinski definition) is 0. The number of hydrogen-bond acceptors (Lipinski definition) is 3. The summed E-state index contributed by atoms with van der Waals surface area (Å²) in [5.74, 6) is 1.37. The number of ether oxygens (including phenoxy) is 1. The van der Waals surface area contributed by atoms with E-state index in [-0.39, 0.29) is 11.3 Å². The summed E-state index contributed by atoms with van der Waals surface area (Å²) < 4.78 is 5.16. The number of carbonyl (C=O) groups excluding carboxylic acids is 1. The average molecular weight is 368 g/mol. The quantitative estimate of drug-likeness (QED) is 0.778. The van der Waals surface area contributed by atoms with Crippen molar-refractivity contribution in [3.63, 3.8) is 0 Å². The zero-order chi connectivity index (χ0) is 16.4. The molecule has 0 aliphatic carbocycles. The van der Waals surface area contributed by atoms with Crippen LogP contribution in [0.15, 0.2) is 42.5 Å². The standard InChI is InChI=1S/C17H15Cl2NO2S/c1-22-13-5-2-11(3-6-13)9-20-16(21)10-23-17(20)14-7-4-12(18)8-15(14)19/h2-8,17H,9-10H2,1H3/t17-/m1/s1. The molecule has 1 fully saturated rings. The number of carbonyl (C=O) groups is 1. The summed E-state index contributed by atoms with van der Waals surface area (Å²) in [6.07, 6.45) is 0. The van der Waals surface area contributed by atoms with E-state index in [1.807, 2.05) is 35.2 Å². The maximum absolute atomic E-state index is 12.3. The topological polar surface area (TPSA) is 29.5 Å². The first-order valence-corrected chi connectivity index (χ1v) is 8.88. The summed E-state index contributed by atoms with van der Waals surface area (Å²) in [6, 6.07) is 13.1. The number of methoxy groups -OCH3 is 1. The summed E-state index contributed by atoms with van der Waals surface area (Å²) in [5, 5.41) is 1.09. The largest absolute Gasteiger partial charge is 0.497 e. The van der Waals surface area contributed by atoms with Crippen molar-refractivity contribution in [2.45, 2.75) is 11.9 Å². The molecule has 1 aliphatic heterocycles. The molecule has 3 nitrogen and oxygen atoms in total. The lowest BCUT2D eigenvalue weighted by atomic mass is 10.1. The monoisotopic (exact) mass is 367 g/mol. The normalized spacial score (nSPS) is 17.6. The lowest BCUT2D eigenvalue weighted by Crippen LogP contribution is -2.27. The van der Waals surface area contributed by atoms with E-state index in [1.54, 1.807) is 31.0 Å². The van der Waals surface area contributed by atoms with E-state index in [9.17, 15) is 4.79 Å². The Morgan fingerprint density at radius 3 is 2.61 bits per heavy atom. The summed E-state index contributed by atoms with van der Waals surface area (Å²) in [4.78, 5) is 14.1. The van der Waals surface area contributed by atoms with Gasteiger partial charge in [0.15, 0.2) is 0 Å². The average Bonchev–Trinajstić information content (AvgIpc) is 2.89. The molecule has 0 unspecified atom stereocenters. The van der Waals surface area contributed by atoms with Crippen LogP contribution in [0.5, 0.6) is 5.75 Å². The Hall–Kier alpha value is -1.36. The maximum Gasteiger partial charge on any atom is 0.234 e. The molecule has 3 rings (SSSR count). The molecular weight excluding hydrogens is 353 g/mol. The molecular formula is C17H15Cl2NO2S. The molecule has 1 amide bonds. The van der Waals surface area contributed by atoms with Gasteiger partial charge in [0.2, 0.25) is 5.91 Å². The van der Waals surface area contributed by atoms with Crippen molar-refractivity contribution in [1.29, 1.82) is 0 Å². The second kappa shape index (κ2) is 7.04. The molecule has 1 saturated heterocycles. The number of thioether (sulfide) groups is 1. The molecule has 0 spiro atoms. The van der Waals surface area contributed by atoms with Gasteiger partial charge < -0.3 is 9.64 Å². The van der Waals surface area contributed by atoms with Crippen LogP contribution in [-0.4, -0.2) is 23.7 Å². The van der Waals surface area contributed by atoms with Gasteiger partial charge in [-0.3, -0.25) is 4.79 Å². The molecule has 1 atom stereocenters. The van der Waals surface area contributed by atoms with Gasteiger partial charge in [-0.25, -0.2) is 0 Å². The van der Waals surface area contributed by atoms with Crippen LogP contribution in [0.2, 0.25) is 10.0 Å². The fourth-order valence-electron chi connectivity index (χ4n) is 2.51. The van der Waals surface area contributed by atoms with Gasteiger partial charge >= 0.3 is 0 Å². The zero-order valence-corrected chi connectivity index (χ0v) is 14.8. The minimum Gasteiger partial charge on any atom is -0.497 e. The molecule has 120 valence electrons. The van der Waals surface area contributed by atoms with E-state index in [0.29, 0.717) is 22.3 Å². The smallest absolute Gasteiger partial charge is 0.234 e. The minimum absolute atomic E-state index is 0.0885. The van der Waals surface area contributed by atoms with Crippen molar-refractivity contribution in [3.05, 3.63) is 63.6 Å². The summed E-state index contributed by atoms with van der Waals surface area (Å²) >= 11 is 13.9. The van der Waals surface area contributed by atoms with Crippen molar-refractivity contribution in [3.8, 4) is 5.75 Å². The van der Waals surface area contributed by atoms with E-state index < -0.39 is 0 Å². The second-order valence-electron chi connectivity index (χ2n) is 5.20. The summed E-state index contributed by atoms with van der Waals surface area (Å²) in [5.41, 5.74) is 1.97. The highest BCUT2D eigenvalue weighted by Crippen LogP contribution is 2.42. The molecule has 0 radical (unpaired) electrons. The van der Waals surface area contributed by atoms with Gasteiger partial charge in [0.05, 0.1) is 12.9 Å². The van der Waals surface area contributed by atoms with Crippen molar-refractivity contribution < 1.29 is 9.53 Å². The number of benzene rings is 2. The summed E-state index contributed by atoms with van der Waals surface area (Å²) in [7, 11) is 1.63. The van der Waals surface area contributed by atoms with Crippen molar-refractivity contribution >= 4 is 40.9 Å². The van der Waals surface area contributed by atoms with Crippen molar-refractivity contribution in [1.82, 2.24) is 4.90 Å². The Labute approximate surface area is 149 Å². The van der Waals surface area contributed by atoms with E-state index in [2.05, 4.69) is 0 Å². The van der Waals surface area contributed by atoms with Crippen LogP contribution >= 0.6 is 35.0 Å². The Morgan fingerprint density at radius 2 is 1.96 bits per heavy atom. The van der Waals surface area contributed by atoms with Gasteiger partial charge in [-0.1, -0.05) is 41.4 Å². The number of halogens is 2. The van der Waals surface area contributed by atoms with Gasteiger partial charge in [-0.15, -0.1) is 11.8 Å². The van der Waals surface area contributed by atoms with E-state index >= 15 is 0 Å². The molecule has 0 N–H and O–H groups in total. The van der Waals surface area contributed by atoms with Gasteiger partial charge in [-0.2, -0.15) is 0 Å². The Balaban J connectivity index is 1.84. The Kier molecular flexibility index (Phi) is 5.05. The third kappa shape index (κ3) is 3.60. The van der Waals surface area contributed by atoms with Crippen molar-refractivity contribution in [2.75, 3.05) is 12.9 Å². The first kappa shape index (κ1) is 16.5. The molecule has 1 heterocycles. The van der Waals surface area contributed by atoms with Crippen LogP contribution in [0.4, 0.5) is 0 Å². The van der Waals surface area contributed by atoms with Gasteiger partial charge in [0, 0.05) is 22.2 Å². The van der Waals surface area contributed by atoms with Gasteiger partial charge in [-0.05, 0) is 29.8 Å². The van der Waals surface area contributed by atoms with E-state index in [4.69, 9.17) is 27.9 Å². The number of amides is 1. The van der Waals surface area contributed by atoms with Crippen LogP contribution in [0.3, 0.4) is 0 Å². The fourth-order valence-corrected chi connectivity index (χ4v) is 4.31. The highest BCUT2D eigenvalue weighted by atomic mass is 35.5. The molecule has 2 aromatic rings. The number of rotatable bonds is 4. The molecule has 0 saturated carbocycles. The van der Waals surface area contributed by atoms with Crippen LogP contribution in [0, 0.1) is 0 Å². The first-order chi connectivity index (χ1) is 11.1. The Morgan fingerprint density at radius 1 is 1.22 bits per heavy atom. The van der Waals surface area contributed by atoms with Gasteiger partial charge in [0.25, 0.3) is 0 Å². The SMILES string of the molecule is COc1ccc(CN2C(=O)CS[C@@H]2c2ccc(Cl)cc2Cl)cc1. The molecule has 2 aromatic carbocycles. The molecule has 0 bridgehead atoms. The summed E-state index contributed by atoms with van der Waals surface area (Å²) in [6.45, 7) is 0.541. The van der Waals surface area contributed by atoms with E-state index in [1.165, 1.54) is 0 Å². The zero-order valence-electron chi connectivity index (χ0n) is 12.5.